The average molecular weight is 348 g/mol. The maximum absolute atomic E-state index is 12.0. The van der Waals surface area contributed by atoms with Crippen molar-refractivity contribution >= 4 is 29.0 Å². The molecule has 1 aliphatic rings. The Balaban J connectivity index is 1.93. The van der Waals surface area contributed by atoms with Gasteiger partial charge in [0.2, 0.25) is 0 Å². The minimum Gasteiger partial charge on any atom is -0.497 e. The molecule has 4 heteroatoms. The van der Waals surface area contributed by atoms with Gasteiger partial charge in [-0.05, 0) is 52.7 Å². The Morgan fingerprint density at radius 1 is 1.04 bits per heavy atom. The standard InChI is InChI=1S/C21H16O3S/c1-23-16-8-6-14(7-9-16)21-20(15-10-11-25-13-15)18(12-22)17-4-2-3-5-19(17)24-21/h2-13,18H,1H3. The molecule has 0 N–H and O–H groups in total. The molecular formula is C21H16O3S. The number of hydrogen-bond acceptors (Lipinski definition) is 4. The molecule has 2 heterocycles. The molecule has 3 aromatic rings. The number of rotatable bonds is 4. The normalized spacial score (nSPS) is 16.1. The van der Waals surface area contributed by atoms with E-state index in [2.05, 4.69) is 0 Å². The molecule has 1 unspecified atom stereocenters. The highest BCUT2D eigenvalue weighted by Crippen LogP contribution is 2.46. The summed E-state index contributed by atoms with van der Waals surface area (Å²) < 4.78 is 11.5. The van der Waals surface area contributed by atoms with E-state index in [0.29, 0.717) is 0 Å². The van der Waals surface area contributed by atoms with Crippen LogP contribution in [0.1, 0.15) is 22.6 Å². The zero-order chi connectivity index (χ0) is 17.2. The van der Waals surface area contributed by atoms with Crippen LogP contribution in [-0.4, -0.2) is 13.4 Å². The second-order valence-corrected chi connectivity index (χ2v) is 6.52. The Kier molecular flexibility index (Phi) is 4.12. The molecule has 124 valence electrons. The molecule has 1 atom stereocenters. The van der Waals surface area contributed by atoms with Crippen molar-refractivity contribution in [2.75, 3.05) is 7.11 Å². The number of hydrogen-bond donors (Lipinski definition) is 0. The van der Waals surface area contributed by atoms with E-state index < -0.39 is 0 Å². The number of aldehydes is 1. The highest BCUT2D eigenvalue weighted by Gasteiger charge is 2.31. The number of allylic oxidation sites excluding steroid dienone is 1. The zero-order valence-electron chi connectivity index (χ0n) is 13.6. The van der Waals surface area contributed by atoms with E-state index in [1.807, 2.05) is 65.4 Å². The summed E-state index contributed by atoms with van der Waals surface area (Å²) >= 11 is 1.60. The number of methoxy groups -OCH3 is 1. The fourth-order valence-corrected chi connectivity index (χ4v) is 3.77. The van der Waals surface area contributed by atoms with Crippen LogP contribution in [-0.2, 0) is 4.79 Å². The minimum absolute atomic E-state index is 0.350. The van der Waals surface area contributed by atoms with Crippen molar-refractivity contribution in [1.82, 2.24) is 0 Å². The van der Waals surface area contributed by atoms with E-state index in [4.69, 9.17) is 9.47 Å². The van der Waals surface area contributed by atoms with Gasteiger partial charge in [-0.2, -0.15) is 11.3 Å². The molecule has 0 aliphatic carbocycles. The molecular weight excluding hydrogens is 332 g/mol. The Labute approximate surface area is 150 Å². The molecule has 1 aliphatic heterocycles. The van der Waals surface area contributed by atoms with Crippen LogP contribution in [0.2, 0.25) is 0 Å². The lowest BCUT2D eigenvalue weighted by Gasteiger charge is -2.28. The first-order chi connectivity index (χ1) is 12.3. The van der Waals surface area contributed by atoms with Gasteiger partial charge in [-0.15, -0.1) is 0 Å². The van der Waals surface area contributed by atoms with Crippen LogP contribution < -0.4 is 9.47 Å². The van der Waals surface area contributed by atoms with Gasteiger partial charge in [0.05, 0.1) is 13.0 Å². The van der Waals surface area contributed by atoms with Gasteiger partial charge in [0.25, 0.3) is 0 Å². The molecule has 25 heavy (non-hydrogen) atoms. The first kappa shape index (κ1) is 15.7. The van der Waals surface area contributed by atoms with Gasteiger partial charge in [0, 0.05) is 16.7 Å². The van der Waals surface area contributed by atoms with Gasteiger partial charge in [0.1, 0.15) is 23.5 Å². The van der Waals surface area contributed by atoms with E-state index in [-0.39, 0.29) is 5.92 Å². The van der Waals surface area contributed by atoms with Gasteiger partial charge in [-0.3, -0.25) is 0 Å². The lowest BCUT2D eigenvalue weighted by Crippen LogP contribution is -2.15. The minimum atomic E-state index is -0.350. The predicted molar refractivity (Wildman–Crippen MR) is 100 cm³/mol. The summed E-state index contributed by atoms with van der Waals surface area (Å²) in [6.07, 6.45) is 0.998. The molecule has 0 radical (unpaired) electrons. The van der Waals surface area contributed by atoms with E-state index in [0.717, 1.165) is 45.8 Å². The quantitative estimate of drug-likeness (QED) is 0.623. The smallest absolute Gasteiger partial charge is 0.139 e. The number of fused-ring (bicyclic) bond motifs is 1. The summed E-state index contributed by atoms with van der Waals surface area (Å²) in [5.41, 5.74) is 3.74. The number of ether oxygens (including phenoxy) is 2. The van der Waals surface area contributed by atoms with Gasteiger partial charge in [-0.1, -0.05) is 18.2 Å². The number of benzene rings is 2. The maximum Gasteiger partial charge on any atom is 0.139 e. The molecule has 3 nitrogen and oxygen atoms in total. The lowest BCUT2D eigenvalue weighted by atomic mass is 9.84. The predicted octanol–water partition coefficient (Wildman–Crippen LogP) is 5.00. The van der Waals surface area contributed by atoms with Crippen molar-refractivity contribution in [2.24, 2.45) is 0 Å². The molecule has 0 fully saturated rings. The van der Waals surface area contributed by atoms with Crippen molar-refractivity contribution in [3.63, 3.8) is 0 Å². The molecule has 0 spiro atoms. The third-order valence-corrected chi connectivity index (χ3v) is 5.03. The largest absolute Gasteiger partial charge is 0.497 e. The van der Waals surface area contributed by atoms with Gasteiger partial charge >= 0.3 is 0 Å². The summed E-state index contributed by atoms with van der Waals surface area (Å²) in [5.74, 6) is 1.88. The van der Waals surface area contributed by atoms with E-state index in [9.17, 15) is 4.79 Å². The number of thiophene rings is 1. The van der Waals surface area contributed by atoms with Crippen LogP contribution in [0.3, 0.4) is 0 Å². The molecule has 0 bridgehead atoms. The number of carbonyl (C=O) groups is 1. The summed E-state index contributed by atoms with van der Waals surface area (Å²) in [6, 6.07) is 17.4. The second kappa shape index (κ2) is 6.57. The van der Waals surface area contributed by atoms with Crippen molar-refractivity contribution in [1.29, 1.82) is 0 Å². The molecule has 0 saturated carbocycles. The topological polar surface area (TPSA) is 35.5 Å². The van der Waals surface area contributed by atoms with Gasteiger partial charge in [0.15, 0.2) is 0 Å². The van der Waals surface area contributed by atoms with E-state index in [1.54, 1.807) is 18.4 Å². The third-order valence-electron chi connectivity index (χ3n) is 4.34. The van der Waals surface area contributed by atoms with Crippen molar-refractivity contribution in [2.45, 2.75) is 5.92 Å². The Morgan fingerprint density at radius 3 is 2.52 bits per heavy atom. The van der Waals surface area contributed by atoms with Gasteiger partial charge in [-0.25, -0.2) is 0 Å². The molecule has 4 rings (SSSR count). The zero-order valence-corrected chi connectivity index (χ0v) is 14.5. The Morgan fingerprint density at radius 2 is 1.84 bits per heavy atom. The Hall–Kier alpha value is -2.85. The highest BCUT2D eigenvalue weighted by atomic mass is 32.1. The third kappa shape index (κ3) is 2.75. The monoisotopic (exact) mass is 348 g/mol. The summed E-state index contributed by atoms with van der Waals surface area (Å²) in [7, 11) is 1.64. The number of carbonyl (C=O) groups excluding carboxylic acids is 1. The fourth-order valence-electron chi connectivity index (χ4n) is 3.12. The first-order valence-corrected chi connectivity index (χ1v) is 8.89. The Bertz CT molecular complexity index is 924. The average Bonchev–Trinajstić information content (AvgIpc) is 3.21. The molecule has 0 saturated heterocycles. The highest BCUT2D eigenvalue weighted by molar-refractivity contribution is 7.08. The van der Waals surface area contributed by atoms with Crippen LogP contribution in [0.15, 0.2) is 65.4 Å². The first-order valence-electron chi connectivity index (χ1n) is 7.95. The van der Waals surface area contributed by atoms with E-state index in [1.165, 1.54) is 0 Å². The molecule has 2 aromatic carbocycles. The van der Waals surface area contributed by atoms with Crippen LogP contribution in [0, 0.1) is 0 Å². The summed E-state index contributed by atoms with van der Waals surface area (Å²) in [4.78, 5) is 12.0. The lowest BCUT2D eigenvalue weighted by molar-refractivity contribution is -0.108. The van der Waals surface area contributed by atoms with E-state index >= 15 is 0 Å². The fraction of sp³-hybridized carbons (Fsp3) is 0.0952. The number of para-hydroxylation sites is 1. The van der Waals surface area contributed by atoms with Crippen LogP contribution in [0.25, 0.3) is 11.3 Å². The van der Waals surface area contributed by atoms with Crippen molar-refractivity contribution in [3.8, 4) is 11.5 Å². The van der Waals surface area contributed by atoms with Crippen LogP contribution in [0.5, 0.6) is 11.5 Å². The summed E-state index contributed by atoms with van der Waals surface area (Å²) in [6.45, 7) is 0. The van der Waals surface area contributed by atoms with Crippen molar-refractivity contribution in [3.05, 3.63) is 82.0 Å². The maximum atomic E-state index is 12.0. The van der Waals surface area contributed by atoms with Crippen LogP contribution >= 0.6 is 11.3 Å². The molecule has 1 aromatic heterocycles. The second-order valence-electron chi connectivity index (χ2n) is 5.74. The van der Waals surface area contributed by atoms with Crippen molar-refractivity contribution < 1.29 is 14.3 Å². The SMILES string of the molecule is COc1ccc(C2=C(c3ccsc3)C(C=O)c3ccccc3O2)cc1. The summed E-state index contributed by atoms with van der Waals surface area (Å²) in [5, 5.41) is 4.06. The molecule has 0 amide bonds. The van der Waals surface area contributed by atoms with Crippen LogP contribution in [0.4, 0.5) is 0 Å². The van der Waals surface area contributed by atoms with Gasteiger partial charge < -0.3 is 14.3 Å².